The summed E-state index contributed by atoms with van der Waals surface area (Å²) in [5, 5.41) is 3.15. The van der Waals surface area contributed by atoms with Crippen molar-refractivity contribution >= 4 is 39.1 Å². The van der Waals surface area contributed by atoms with E-state index in [4.69, 9.17) is 16.3 Å². The van der Waals surface area contributed by atoms with Gasteiger partial charge in [0.2, 0.25) is 11.8 Å². The SMILES string of the molecule is CCOc1ccccc1N(CC(=O)N(Cc1ccc(Cl)cc1)[C@H](CC)C(=O)NC)S(=O)(=O)c1ccccc1. The number of hydrogen-bond acceptors (Lipinski definition) is 5. The predicted molar refractivity (Wildman–Crippen MR) is 149 cm³/mol. The first-order valence-corrected chi connectivity index (χ1v) is 14.1. The highest BCUT2D eigenvalue weighted by Crippen LogP contribution is 2.33. The van der Waals surface area contributed by atoms with E-state index in [-0.39, 0.29) is 23.0 Å². The van der Waals surface area contributed by atoms with Gasteiger partial charge in [-0.3, -0.25) is 13.9 Å². The van der Waals surface area contributed by atoms with Crippen LogP contribution in [0.2, 0.25) is 5.02 Å². The second-order valence-electron chi connectivity index (χ2n) is 8.41. The molecule has 0 aliphatic rings. The molecule has 10 heteroatoms. The number of likely N-dealkylation sites (N-methyl/N-ethyl adjacent to an activating group) is 1. The number of para-hydroxylation sites is 2. The predicted octanol–water partition coefficient (Wildman–Crippen LogP) is 4.49. The zero-order valence-electron chi connectivity index (χ0n) is 21.6. The van der Waals surface area contributed by atoms with E-state index in [9.17, 15) is 18.0 Å². The minimum Gasteiger partial charge on any atom is -0.492 e. The lowest BCUT2D eigenvalue weighted by molar-refractivity contribution is -0.140. The third-order valence-electron chi connectivity index (χ3n) is 5.94. The molecule has 0 heterocycles. The van der Waals surface area contributed by atoms with Gasteiger partial charge >= 0.3 is 0 Å². The van der Waals surface area contributed by atoms with Crippen LogP contribution in [0.3, 0.4) is 0 Å². The van der Waals surface area contributed by atoms with Crippen molar-refractivity contribution in [3.05, 3.63) is 89.4 Å². The van der Waals surface area contributed by atoms with Crippen LogP contribution in [0.1, 0.15) is 25.8 Å². The molecule has 38 heavy (non-hydrogen) atoms. The Balaban J connectivity index is 2.09. The van der Waals surface area contributed by atoms with Gasteiger partial charge in [-0.1, -0.05) is 61.0 Å². The van der Waals surface area contributed by atoms with Crippen molar-refractivity contribution in [3.63, 3.8) is 0 Å². The summed E-state index contributed by atoms with van der Waals surface area (Å²) in [5.74, 6) is -0.562. The fourth-order valence-corrected chi connectivity index (χ4v) is 5.62. The largest absolute Gasteiger partial charge is 0.492 e. The van der Waals surface area contributed by atoms with E-state index in [0.717, 1.165) is 9.87 Å². The van der Waals surface area contributed by atoms with Gasteiger partial charge in [-0.05, 0) is 55.3 Å². The highest BCUT2D eigenvalue weighted by molar-refractivity contribution is 7.92. The van der Waals surface area contributed by atoms with Crippen molar-refractivity contribution in [2.75, 3.05) is 24.5 Å². The third-order valence-corrected chi connectivity index (χ3v) is 7.97. The molecule has 3 aromatic rings. The van der Waals surface area contributed by atoms with E-state index in [1.54, 1.807) is 80.6 Å². The molecule has 202 valence electrons. The molecule has 1 atom stereocenters. The van der Waals surface area contributed by atoms with Gasteiger partial charge in [0.1, 0.15) is 18.3 Å². The number of halogens is 1. The van der Waals surface area contributed by atoms with Crippen molar-refractivity contribution in [2.24, 2.45) is 0 Å². The van der Waals surface area contributed by atoms with Crippen LogP contribution in [-0.2, 0) is 26.2 Å². The molecule has 0 aromatic heterocycles. The monoisotopic (exact) mass is 557 g/mol. The van der Waals surface area contributed by atoms with Crippen LogP contribution in [-0.4, -0.2) is 51.4 Å². The van der Waals surface area contributed by atoms with Crippen molar-refractivity contribution in [1.29, 1.82) is 0 Å². The van der Waals surface area contributed by atoms with E-state index >= 15 is 0 Å². The number of rotatable bonds is 12. The molecule has 0 saturated heterocycles. The molecule has 3 aromatic carbocycles. The molecule has 8 nitrogen and oxygen atoms in total. The van der Waals surface area contributed by atoms with Gasteiger partial charge in [-0.2, -0.15) is 0 Å². The van der Waals surface area contributed by atoms with Gasteiger partial charge in [0.25, 0.3) is 10.0 Å². The van der Waals surface area contributed by atoms with Crippen molar-refractivity contribution < 1.29 is 22.7 Å². The number of amides is 2. The Labute approximate surface area is 229 Å². The maximum atomic E-state index is 13.9. The number of sulfonamides is 1. The molecule has 0 aliphatic heterocycles. The Bertz CT molecular complexity index is 1330. The summed E-state index contributed by atoms with van der Waals surface area (Å²) in [7, 11) is -2.67. The Morgan fingerprint density at radius 3 is 2.18 bits per heavy atom. The van der Waals surface area contributed by atoms with Crippen molar-refractivity contribution in [2.45, 2.75) is 37.8 Å². The highest BCUT2D eigenvalue weighted by Gasteiger charge is 2.34. The van der Waals surface area contributed by atoms with E-state index in [1.807, 2.05) is 0 Å². The van der Waals surface area contributed by atoms with Crippen molar-refractivity contribution in [3.8, 4) is 5.75 Å². The molecule has 1 N–H and O–H groups in total. The Kier molecular flexibility index (Phi) is 10.2. The maximum Gasteiger partial charge on any atom is 0.264 e. The van der Waals surface area contributed by atoms with E-state index in [0.29, 0.717) is 23.8 Å². The topological polar surface area (TPSA) is 96.0 Å². The average molecular weight is 558 g/mol. The normalized spacial score (nSPS) is 11.9. The highest BCUT2D eigenvalue weighted by atomic mass is 35.5. The lowest BCUT2D eigenvalue weighted by Crippen LogP contribution is -2.51. The number of anilines is 1. The third kappa shape index (κ3) is 6.85. The fourth-order valence-electron chi connectivity index (χ4n) is 4.05. The first kappa shape index (κ1) is 29.0. The van der Waals surface area contributed by atoms with Gasteiger partial charge in [0.15, 0.2) is 0 Å². The summed E-state index contributed by atoms with van der Waals surface area (Å²) < 4.78 is 34.5. The summed E-state index contributed by atoms with van der Waals surface area (Å²) >= 11 is 6.03. The number of nitrogens with one attached hydrogen (secondary N) is 1. The molecule has 3 rings (SSSR count). The minimum atomic E-state index is -4.17. The number of ether oxygens (including phenoxy) is 1. The number of benzene rings is 3. The Hall–Kier alpha value is -3.56. The zero-order valence-corrected chi connectivity index (χ0v) is 23.2. The Morgan fingerprint density at radius 2 is 1.58 bits per heavy atom. The van der Waals surface area contributed by atoms with Gasteiger partial charge in [0, 0.05) is 18.6 Å². The van der Waals surface area contributed by atoms with E-state index in [2.05, 4.69) is 5.32 Å². The number of nitrogens with zero attached hydrogens (tertiary/aromatic N) is 2. The molecule has 0 fully saturated rings. The first-order valence-electron chi connectivity index (χ1n) is 12.3. The summed E-state index contributed by atoms with van der Waals surface area (Å²) in [6.45, 7) is 3.45. The average Bonchev–Trinajstić information content (AvgIpc) is 2.93. The van der Waals surface area contributed by atoms with Crippen LogP contribution in [0.5, 0.6) is 5.75 Å². The van der Waals surface area contributed by atoms with Gasteiger partial charge in [-0.25, -0.2) is 8.42 Å². The van der Waals surface area contributed by atoms with Crippen LogP contribution in [0.15, 0.2) is 83.8 Å². The molecule has 0 radical (unpaired) electrons. The molecule has 2 amide bonds. The van der Waals surface area contributed by atoms with E-state index in [1.165, 1.54) is 24.1 Å². The molecular weight excluding hydrogens is 526 g/mol. The standard InChI is InChI=1S/C28H32ClN3O5S/c1-4-24(28(34)30-3)31(19-21-15-17-22(29)18-16-21)27(33)20-32(25-13-9-10-14-26(25)37-5-2)38(35,36)23-11-7-6-8-12-23/h6-18,24H,4-5,19-20H2,1-3H3,(H,30,34)/t24-/m1/s1. The second kappa shape index (κ2) is 13.3. The number of carbonyl (C=O) groups is 2. The minimum absolute atomic E-state index is 0.0293. The molecule has 0 bridgehead atoms. The Morgan fingerprint density at radius 1 is 0.947 bits per heavy atom. The van der Waals surface area contributed by atoms with Crippen LogP contribution in [0.25, 0.3) is 0 Å². The van der Waals surface area contributed by atoms with Crippen LogP contribution in [0.4, 0.5) is 5.69 Å². The lowest BCUT2D eigenvalue weighted by Gasteiger charge is -2.33. The van der Waals surface area contributed by atoms with Crippen LogP contribution < -0.4 is 14.4 Å². The summed E-state index contributed by atoms with van der Waals surface area (Å²) in [6.07, 6.45) is 0.333. The molecule has 0 unspecified atom stereocenters. The van der Waals surface area contributed by atoms with Crippen LogP contribution in [0, 0.1) is 0 Å². The fraction of sp³-hybridized carbons (Fsp3) is 0.286. The molecule has 0 saturated carbocycles. The first-order chi connectivity index (χ1) is 18.2. The maximum absolute atomic E-state index is 13.9. The summed E-state index contributed by atoms with van der Waals surface area (Å²) in [6, 6.07) is 20.7. The number of hydrogen-bond donors (Lipinski definition) is 1. The quantitative estimate of drug-likeness (QED) is 0.354. The van der Waals surface area contributed by atoms with E-state index < -0.39 is 28.5 Å². The molecule has 0 spiro atoms. The van der Waals surface area contributed by atoms with Crippen molar-refractivity contribution in [1.82, 2.24) is 10.2 Å². The number of carbonyl (C=O) groups excluding carboxylic acids is 2. The van der Waals surface area contributed by atoms with Gasteiger partial charge < -0.3 is 15.0 Å². The molecular formula is C28H32ClN3O5S. The van der Waals surface area contributed by atoms with Gasteiger partial charge in [-0.15, -0.1) is 0 Å². The second-order valence-corrected chi connectivity index (χ2v) is 10.7. The summed E-state index contributed by atoms with van der Waals surface area (Å²) in [4.78, 5) is 28.1. The zero-order chi connectivity index (χ0) is 27.7. The lowest BCUT2D eigenvalue weighted by atomic mass is 10.1. The van der Waals surface area contributed by atoms with Crippen LogP contribution >= 0.6 is 11.6 Å². The summed E-state index contributed by atoms with van der Waals surface area (Å²) in [5.41, 5.74) is 0.975. The van der Waals surface area contributed by atoms with Gasteiger partial charge in [0.05, 0.1) is 17.2 Å². The smallest absolute Gasteiger partial charge is 0.264 e. The molecule has 0 aliphatic carbocycles.